The summed E-state index contributed by atoms with van der Waals surface area (Å²) in [6.45, 7) is 0.213. The van der Waals surface area contributed by atoms with E-state index in [-0.39, 0.29) is 12.5 Å². The SMILES string of the molecule is O=[N+]([O-])c1ccc2nc(-c3ccc4c(c3)OCO4)[nH]c2c1. The van der Waals surface area contributed by atoms with Gasteiger partial charge in [0.2, 0.25) is 6.79 Å². The van der Waals surface area contributed by atoms with Crippen molar-refractivity contribution < 1.29 is 14.4 Å². The van der Waals surface area contributed by atoms with E-state index in [9.17, 15) is 10.1 Å². The van der Waals surface area contributed by atoms with Crippen molar-refractivity contribution in [3.8, 4) is 22.9 Å². The van der Waals surface area contributed by atoms with Gasteiger partial charge in [0.25, 0.3) is 5.69 Å². The number of aromatic nitrogens is 2. The fourth-order valence-corrected chi connectivity index (χ4v) is 2.29. The summed E-state index contributed by atoms with van der Waals surface area (Å²) in [5, 5.41) is 10.8. The second kappa shape index (κ2) is 4.20. The number of nitrogens with one attached hydrogen (secondary N) is 1. The van der Waals surface area contributed by atoms with Gasteiger partial charge < -0.3 is 14.5 Å². The molecule has 0 radical (unpaired) electrons. The second-order valence-corrected chi connectivity index (χ2v) is 4.61. The van der Waals surface area contributed by atoms with Gasteiger partial charge in [-0.05, 0) is 24.3 Å². The van der Waals surface area contributed by atoms with Gasteiger partial charge in [-0.3, -0.25) is 10.1 Å². The lowest BCUT2D eigenvalue weighted by Gasteiger charge is -1.99. The predicted molar refractivity (Wildman–Crippen MR) is 74.3 cm³/mol. The lowest BCUT2D eigenvalue weighted by Crippen LogP contribution is -1.92. The monoisotopic (exact) mass is 283 g/mol. The second-order valence-electron chi connectivity index (χ2n) is 4.61. The van der Waals surface area contributed by atoms with Crippen LogP contribution in [0, 0.1) is 10.1 Å². The number of ether oxygens (including phenoxy) is 2. The van der Waals surface area contributed by atoms with Gasteiger partial charge in [0.05, 0.1) is 16.0 Å². The molecular weight excluding hydrogens is 274 g/mol. The molecule has 0 saturated carbocycles. The average molecular weight is 283 g/mol. The molecule has 104 valence electrons. The Hall–Kier alpha value is -3.09. The maximum Gasteiger partial charge on any atom is 0.271 e. The molecule has 0 unspecified atom stereocenters. The molecule has 0 saturated heterocycles. The number of H-pyrrole nitrogens is 1. The van der Waals surface area contributed by atoms with E-state index in [1.54, 1.807) is 6.07 Å². The minimum atomic E-state index is -0.430. The van der Waals surface area contributed by atoms with Crippen molar-refractivity contribution in [3.63, 3.8) is 0 Å². The summed E-state index contributed by atoms with van der Waals surface area (Å²) < 4.78 is 10.6. The van der Waals surface area contributed by atoms with Crippen LogP contribution < -0.4 is 9.47 Å². The van der Waals surface area contributed by atoms with E-state index in [0.29, 0.717) is 28.4 Å². The number of hydrogen-bond acceptors (Lipinski definition) is 5. The summed E-state index contributed by atoms with van der Waals surface area (Å²) >= 11 is 0. The highest BCUT2D eigenvalue weighted by molar-refractivity contribution is 5.81. The topological polar surface area (TPSA) is 90.3 Å². The van der Waals surface area contributed by atoms with Gasteiger partial charge in [0.15, 0.2) is 11.5 Å². The zero-order chi connectivity index (χ0) is 14.4. The Kier molecular flexibility index (Phi) is 2.34. The molecule has 3 aromatic rings. The highest BCUT2D eigenvalue weighted by Crippen LogP contribution is 2.35. The van der Waals surface area contributed by atoms with Crippen molar-refractivity contribution in [1.82, 2.24) is 9.97 Å². The Balaban J connectivity index is 1.81. The quantitative estimate of drug-likeness (QED) is 0.577. The number of rotatable bonds is 2. The van der Waals surface area contributed by atoms with Gasteiger partial charge in [-0.1, -0.05) is 0 Å². The summed E-state index contributed by atoms with van der Waals surface area (Å²) in [6.07, 6.45) is 0. The molecule has 0 amide bonds. The van der Waals surface area contributed by atoms with Gasteiger partial charge in [-0.15, -0.1) is 0 Å². The molecule has 21 heavy (non-hydrogen) atoms. The number of hydrogen-bond donors (Lipinski definition) is 1. The van der Waals surface area contributed by atoms with Crippen molar-refractivity contribution >= 4 is 16.7 Å². The number of nitro groups is 1. The molecule has 1 N–H and O–H groups in total. The van der Waals surface area contributed by atoms with Crippen LogP contribution in [0.5, 0.6) is 11.5 Å². The van der Waals surface area contributed by atoms with E-state index in [4.69, 9.17) is 9.47 Å². The van der Waals surface area contributed by atoms with Gasteiger partial charge in [0.1, 0.15) is 5.82 Å². The highest BCUT2D eigenvalue weighted by Gasteiger charge is 2.16. The number of benzene rings is 2. The molecule has 1 aromatic heterocycles. The van der Waals surface area contributed by atoms with Gasteiger partial charge in [-0.2, -0.15) is 0 Å². The third kappa shape index (κ3) is 1.86. The summed E-state index contributed by atoms with van der Waals surface area (Å²) in [6, 6.07) is 10.0. The number of non-ortho nitro benzene ring substituents is 1. The van der Waals surface area contributed by atoms with Crippen LogP contribution in [0.25, 0.3) is 22.4 Å². The number of aromatic amines is 1. The molecule has 0 aliphatic carbocycles. The molecular formula is C14H9N3O4. The Morgan fingerprint density at radius 3 is 2.86 bits per heavy atom. The van der Waals surface area contributed by atoms with Crippen LogP contribution in [0.4, 0.5) is 5.69 Å². The zero-order valence-corrected chi connectivity index (χ0v) is 10.7. The Bertz CT molecular complexity index is 872. The first kappa shape index (κ1) is 11.7. The van der Waals surface area contributed by atoms with Crippen LogP contribution >= 0.6 is 0 Å². The fourth-order valence-electron chi connectivity index (χ4n) is 2.29. The third-order valence-electron chi connectivity index (χ3n) is 3.32. The molecule has 7 heteroatoms. The van der Waals surface area contributed by atoms with Gasteiger partial charge in [-0.25, -0.2) is 4.98 Å². The van der Waals surface area contributed by atoms with Crippen LogP contribution in [-0.2, 0) is 0 Å². The van der Waals surface area contributed by atoms with E-state index in [2.05, 4.69) is 9.97 Å². The van der Waals surface area contributed by atoms with Crippen LogP contribution in [0.1, 0.15) is 0 Å². The van der Waals surface area contributed by atoms with Crippen LogP contribution in [-0.4, -0.2) is 21.7 Å². The summed E-state index contributed by atoms with van der Waals surface area (Å²) in [7, 11) is 0. The van der Waals surface area contributed by atoms with Crippen molar-refractivity contribution in [2.75, 3.05) is 6.79 Å². The van der Waals surface area contributed by atoms with E-state index < -0.39 is 4.92 Å². The highest BCUT2D eigenvalue weighted by atomic mass is 16.7. The Morgan fingerprint density at radius 1 is 1.14 bits per heavy atom. The lowest BCUT2D eigenvalue weighted by molar-refractivity contribution is -0.384. The van der Waals surface area contributed by atoms with E-state index in [1.165, 1.54) is 12.1 Å². The van der Waals surface area contributed by atoms with E-state index in [0.717, 1.165) is 5.56 Å². The van der Waals surface area contributed by atoms with Crippen LogP contribution in [0.3, 0.4) is 0 Å². The molecule has 0 bridgehead atoms. The molecule has 0 spiro atoms. The zero-order valence-electron chi connectivity index (χ0n) is 10.7. The summed E-state index contributed by atoms with van der Waals surface area (Å²) in [5.41, 5.74) is 2.16. The molecule has 1 aliphatic heterocycles. The molecule has 2 aromatic carbocycles. The number of imidazole rings is 1. The van der Waals surface area contributed by atoms with Crippen LogP contribution in [0.15, 0.2) is 36.4 Å². The predicted octanol–water partition coefficient (Wildman–Crippen LogP) is 2.87. The molecule has 7 nitrogen and oxygen atoms in total. The van der Waals surface area contributed by atoms with Crippen molar-refractivity contribution in [3.05, 3.63) is 46.5 Å². The summed E-state index contributed by atoms with van der Waals surface area (Å²) in [4.78, 5) is 17.9. The van der Waals surface area contributed by atoms with Crippen LogP contribution in [0.2, 0.25) is 0 Å². The minimum Gasteiger partial charge on any atom is -0.454 e. The van der Waals surface area contributed by atoms with Gasteiger partial charge >= 0.3 is 0 Å². The first-order valence-electron chi connectivity index (χ1n) is 6.25. The maximum atomic E-state index is 10.8. The molecule has 0 atom stereocenters. The van der Waals surface area contributed by atoms with E-state index in [1.807, 2.05) is 18.2 Å². The van der Waals surface area contributed by atoms with E-state index >= 15 is 0 Å². The molecule has 0 fully saturated rings. The standard InChI is InChI=1S/C14H9N3O4/c18-17(19)9-2-3-10-11(6-9)16-14(15-10)8-1-4-12-13(5-8)21-7-20-12/h1-6H,7H2,(H,15,16). The maximum absolute atomic E-state index is 10.8. The minimum absolute atomic E-state index is 0.0309. The lowest BCUT2D eigenvalue weighted by atomic mass is 10.2. The molecule has 4 rings (SSSR count). The average Bonchev–Trinajstić information content (AvgIpc) is 3.11. The van der Waals surface area contributed by atoms with Crippen molar-refractivity contribution in [1.29, 1.82) is 0 Å². The Labute approximate surface area is 118 Å². The molecule has 2 heterocycles. The summed E-state index contributed by atoms with van der Waals surface area (Å²) in [5.74, 6) is 1.99. The number of nitro benzene ring substituents is 1. The third-order valence-corrected chi connectivity index (χ3v) is 3.32. The largest absolute Gasteiger partial charge is 0.454 e. The normalized spacial score (nSPS) is 12.8. The molecule has 1 aliphatic rings. The number of fused-ring (bicyclic) bond motifs is 2. The first-order chi connectivity index (χ1) is 10.2. The smallest absolute Gasteiger partial charge is 0.271 e. The fraction of sp³-hybridized carbons (Fsp3) is 0.0714. The number of nitrogens with zero attached hydrogens (tertiary/aromatic N) is 2. The first-order valence-corrected chi connectivity index (χ1v) is 6.25. The van der Waals surface area contributed by atoms with Gasteiger partial charge in [0, 0.05) is 17.7 Å². The van der Waals surface area contributed by atoms with Crippen molar-refractivity contribution in [2.45, 2.75) is 0 Å². The Morgan fingerprint density at radius 2 is 2.00 bits per heavy atom. The van der Waals surface area contributed by atoms with Crippen molar-refractivity contribution in [2.24, 2.45) is 0 Å².